The lowest BCUT2D eigenvalue weighted by Gasteiger charge is -2.30. The lowest BCUT2D eigenvalue weighted by Crippen LogP contribution is -2.54. The summed E-state index contributed by atoms with van der Waals surface area (Å²) in [5.74, 6) is -0.564. The van der Waals surface area contributed by atoms with Crippen LogP contribution in [0.15, 0.2) is 42.5 Å². The van der Waals surface area contributed by atoms with Gasteiger partial charge in [-0.2, -0.15) is 4.98 Å². The topological polar surface area (TPSA) is 166 Å². The van der Waals surface area contributed by atoms with Crippen molar-refractivity contribution >= 4 is 23.6 Å². The molecular weight excluding hydrogens is 618 g/mol. The maximum absolute atomic E-state index is 14.1. The van der Waals surface area contributed by atoms with Crippen LogP contribution in [0.3, 0.4) is 0 Å². The van der Waals surface area contributed by atoms with Crippen LogP contribution in [0.25, 0.3) is 0 Å². The Morgan fingerprint density at radius 3 is 2.40 bits per heavy atom. The van der Waals surface area contributed by atoms with E-state index in [0.29, 0.717) is 42.9 Å². The van der Waals surface area contributed by atoms with Crippen molar-refractivity contribution in [1.82, 2.24) is 35.6 Å². The first-order chi connectivity index (χ1) is 23.0. The third-order valence-electron chi connectivity index (χ3n) is 7.97. The maximum atomic E-state index is 14.1. The van der Waals surface area contributed by atoms with E-state index in [1.54, 1.807) is 51.6 Å². The molecule has 2 heterocycles. The van der Waals surface area contributed by atoms with Gasteiger partial charge >= 0.3 is 6.01 Å². The molecule has 3 aromatic rings. The summed E-state index contributed by atoms with van der Waals surface area (Å²) >= 11 is 0. The van der Waals surface area contributed by atoms with Crippen LogP contribution in [0.5, 0.6) is 17.5 Å². The van der Waals surface area contributed by atoms with E-state index in [1.165, 1.54) is 16.7 Å². The summed E-state index contributed by atoms with van der Waals surface area (Å²) in [5, 5.41) is 13.1. The number of hydrogen-bond donors (Lipinski definition) is 3. The Labute approximate surface area is 280 Å². The number of benzene rings is 2. The highest BCUT2D eigenvalue weighted by molar-refractivity contribution is 5.98. The van der Waals surface area contributed by atoms with E-state index in [4.69, 9.17) is 14.2 Å². The maximum Gasteiger partial charge on any atom is 0.314 e. The Morgan fingerprint density at radius 1 is 1.00 bits per heavy atom. The second kappa shape index (κ2) is 16.6. The number of fused-ring (bicyclic) bond motifs is 2. The quantitative estimate of drug-likeness (QED) is 0.327. The standard InChI is InChI=1S/C34H45N7O7/c1-21(2)16-25-19-41(33(45)30-38-34(48-6)40(3)39-30)20-29(42)35-15-7-8-23-18-24(11-14-28(23)47-5)31(43)37-27(32(44)36-25)17-22-9-12-26(46-4)13-10-22/h9-14,18,21,25,27H,7-8,15-17,19-20H2,1-6H3,(H,35,42)(H,36,44)(H,37,43)/t25-,27-/m0/s1. The highest BCUT2D eigenvalue weighted by Crippen LogP contribution is 2.22. The van der Waals surface area contributed by atoms with Crippen molar-refractivity contribution in [3.05, 3.63) is 65.0 Å². The van der Waals surface area contributed by atoms with Gasteiger partial charge in [-0.3, -0.25) is 19.2 Å². The minimum absolute atomic E-state index is 0.00206. The van der Waals surface area contributed by atoms with Crippen LogP contribution in [-0.2, 0) is 29.5 Å². The summed E-state index contributed by atoms with van der Waals surface area (Å²) in [4.78, 5) is 60.2. The Balaban J connectivity index is 1.71. The van der Waals surface area contributed by atoms with Crippen molar-refractivity contribution < 1.29 is 33.4 Å². The van der Waals surface area contributed by atoms with Crippen molar-refractivity contribution in [3.63, 3.8) is 0 Å². The smallest absolute Gasteiger partial charge is 0.314 e. The first kappa shape index (κ1) is 35.7. The van der Waals surface area contributed by atoms with Gasteiger partial charge < -0.3 is 35.1 Å². The van der Waals surface area contributed by atoms with Crippen molar-refractivity contribution in [2.75, 3.05) is 41.0 Å². The summed E-state index contributed by atoms with van der Waals surface area (Å²) in [7, 11) is 6.14. The third kappa shape index (κ3) is 9.46. The van der Waals surface area contributed by atoms with E-state index in [-0.39, 0.29) is 43.2 Å². The lowest BCUT2D eigenvalue weighted by atomic mass is 10.0. The number of nitrogens with zero attached hydrogens (tertiary/aromatic N) is 4. The zero-order valence-corrected chi connectivity index (χ0v) is 28.4. The van der Waals surface area contributed by atoms with Gasteiger partial charge in [0.1, 0.15) is 24.1 Å². The molecular formula is C34H45N7O7. The molecule has 258 valence electrons. The number of ether oxygens (including phenoxy) is 3. The number of nitrogens with one attached hydrogen (secondary N) is 3. The lowest BCUT2D eigenvalue weighted by molar-refractivity contribution is -0.123. The molecule has 0 spiro atoms. The predicted octanol–water partition coefficient (Wildman–Crippen LogP) is 1.92. The average Bonchev–Trinajstić information content (AvgIpc) is 3.45. The summed E-state index contributed by atoms with van der Waals surface area (Å²) in [6, 6.07) is 11.0. The normalized spacial score (nSPS) is 18.0. The molecule has 2 bridgehead atoms. The molecule has 0 unspecified atom stereocenters. The molecule has 0 saturated heterocycles. The molecule has 1 aromatic heterocycles. The molecule has 0 radical (unpaired) electrons. The minimum atomic E-state index is -0.962. The molecule has 2 aromatic carbocycles. The SMILES string of the molecule is COc1ccc(C[C@@H]2NC(=O)c3ccc(OC)c(c3)CCCNC(=O)CN(C(=O)c3nc(OC)n(C)n3)C[C@H](CC(C)C)NC2=O)cc1. The fraction of sp³-hybridized carbons (Fsp3) is 0.471. The Hall–Kier alpha value is -5.14. The molecule has 4 amide bonds. The number of hydrogen-bond acceptors (Lipinski definition) is 9. The fourth-order valence-corrected chi connectivity index (χ4v) is 5.61. The highest BCUT2D eigenvalue weighted by atomic mass is 16.5. The molecule has 1 aliphatic rings. The molecule has 0 fully saturated rings. The van der Waals surface area contributed by atoms with Crippen molar-refractivity contribution in [1.29, 1.82) is 0 Å². The fourth-order valence-electron chi connectivity index (χ4n) is 5.61. The molecule has 1 aliphatic heterocycles. The van der Waals surface area contributed by atoms with E-state index in [1.807, 2.05) is 26.0 Å². The Morgan fingerprint density at radius 2 is 1.75 bits per heavy atom. The predicted molar refractivity (Wildman–Crippen MR) is 177 cm³/mol. The van der Waals surface area contributed by atoms with Gasteiger partial charge in [-0.15, -0.1) is 5.10 Å². The van der Waals surface area contributed by atoms with E-state index in [0.717, 1.165) is 11.1 Å². The number of methoxy groups -OCH3 is 3. The summed E-state index contributed by atoms with van der Waals surface area (Å²) in [6.45, 7) is 4.03. The van der Waals surface area contributed by atoms with E-state index >= 15 is 0 Å². The molecule has 3 N–H and O–H groups in total. The van der Waals surface area contributed by atoms with Crippen molar-refractivity contribution in [2.24, 2.45) is 13.0 Å². The number of carbonyl (C=O) groups excluding carboxylic acids is 4. The van der Waals surface area contributed by atoms with Crippen LogP contribution in [0, 0.1) is 5.92 Å². The van der Waals surface area contributed by atoms with Gasteiger partial charge in [0.2, 0.25) is 17.6 Å². The molecule has 2 atom stereocenters. The van der Waals surface area contributed by atoms with Crippen LogP contribution in [0.4, 0.5) is 0 Å². The molecule has 48 heavy (non-hydrogen) atoms. The second-order valence-corrected chi connectivity index (χ2v) is 12.1. The minimum Gasteiger partial charge on any atom is -0.497 e. The van der Waals surface area contributed by atoms with Crippen LogP contribution >= 0.6 is 0 Å². The van der Waals surface area contributed by atoms with Crippen LogP contribution < -0.4 is 30.2 Å². The second-order valence-electron chi connectivity index (χ2n) is 12.1. The Bertz CT molecular complexity index is 1590. The largest absolute Gasteiger partial charge is 0.497 e. The summed E-state index contributed by atoms with van der Waals surface area (Å²) in [5.41, 5.74) is 1.96. The van der Waals surface area contributed by atoms with Gasteiger partial charge in [-0.05, 0) is 66.6 Å². The van der Waals surface area contributed by atoms with E-state index < -0.39 is 29.8 Å². The van der Waals surface area contributed by atoms with Gasteiger partial charge in [0.15, 0.2) is 0 Å². The molecule has 14 heteroatoms. The van der Waals surface area contributed by atoms with Gasteiger partial charge in [0, 0.05) is 38.2 Å². The number of aromatic nitrogens is 3. The molecule has 0 aliphatic carbocycles. The van der Waals surface area contributed by atoms with E-state index in [9.17, 15) is 19.2 Å². The number of aryl methyl sites for hydroxylation is 2. The van der Waals surface area contributed by atoms with Crippen LogP contribution in [-0.4, -0.2) is 96.3 Å². The zero-order chi connectivity index (χ0) is 34.8. The molecule has 14 nitrogen and oxygen atoms in total. The zero-order valence-electron chi connectivity index (χ0n) is 28.4. The first-order valence-corrected chi connectivity index (χ1v) is 15.9. The first-order valence-electron chi connectivity index (χ1n) is 15.9. The average molecular weight is 664 g/mol. The van der Waals surface area contributed by atoms with Gasteiger partial charge in [0.25, 0.3) is 11.8 Å². The number of rotatable bonds is 8. The molecule has 0 saturated carbocycles. The molecule has 4 rings (SSSR count). The van der Waals surface area contributed by atoms with Crippen LogP contribution in [0.1, 0.15) is 58.8 Å². The van der Waals surface area contributed by atoms with Gasteiger partial charge in [0.05, 0.1) is 21.3 Å². The van der Waals surface area contributed by atoms with Gasteiger partial charge in [-0.25, -0.2) is 4.68 Å². The summed E-state index contributed by atoms with van der Waals surface area (Å²) in [6.07, 6.45) is 1.75. The van der Waals surface area contributed by atoms with Crippen molar-refractivity contribution in [2.45, 2.75) is 51.6 Å². The number of carbonyl (C=O) groups is 4. The van der Waals surface area contributed by atoms with E-state index in [2.05, 4.69) is 26.0 Å². The third-order valence-corrected chi connectivity index (χ3v) is 7.97. The highest BCUT2D eigenvalue weighted by Gasteiger charge is 2.30. The summed E-state index contributed by atoms with van der Waals surface area (Å²) < 4.78 is 17.3. The van der Waals surface area contributed by atoms with Gasteiger partial charge in [-0.1, -0.05) is 26.0 Å². The monoisotopic (exact) mass is 663 g/mol. The van der Waals surface area contributed by atoms with Crippen LogP contribution in [0.2, 0.25) is 0 Å². The Kier molecular flexibility index (Phi) is 12.4. The number of amides is 4. The van der Waals surface area contributed by atoms with Crippen molar-refractivity contribution in [3.8, 4) is 17.5 Å².